The molecular formula is C12H15N3OS. The van der Waals surface area contributed by atoms with Crippen molar-refractivity contribution in [1.29, 1.82) is 0 Å². The van der Waals surface area contributed by atoms with Crippen molar-refractivity contribution < 1.29 is 4.74 Å². The van der Waals surface area contributed by atoms with Crippen molar-refractivity contribution in [3.8, 4) is 0 Å². The smallest absolute Gasteiger partial charge is 0.129 e. The predicted octanol–water partition coefficient (Wildman–Crippen LogP) is 1.08. The lowest BCUT2D eigenvalue weighted by atomic mass is 10.2. The number of thiocarbonyl (C=S) groups is 1. The molecule has 2 fully saturated rings. The molecular weight excluding hydrogens is 234 g/mol. The van der Waals surface area contributed by atoms with Crippen molar-refractivity contribution in [2.45, 2.75) is 25.0 Å². The van der Waals surface area contributed by atoms with Gasteiger partial charge in [-0.1, -0.05) is 12.2 Å². The molecule has 0 spiro atoms. The molecule has 2 aliphatic rings. The lowest BCUT2D eigenvalue weighted by Gasteiger charge is -2.33. The highest BCUT2D eigenvalue weighted by Gasteiger charge is 2.34. The number of nitrogens with zero attached hydrogens (tertiary/aromatic N) is 2. The van der Waals surface area contributed by atoms with Gasteiger partial charge in [-0.25, -0.2) is 4.98 Å². The van der Waals surface area contributed by atoms with Gasteiger partial charge in [-0.3, -0.25) is 0 Å². The van der Waals surface area contributed by atoms with Crippen LogP contribution in [0.4, 0.5) is 5.82 Å². The van der Waals surface area contributed by atoms with Gasteiger partial charge in [0.1, 0.15) is 10.8 Å². The Hall–Kier alpha value is -1.20. The van der Waals surface area contributed by atoms with Crippen molar-refractivity contribution in [1.82, 2.24) is 4.98 Å². The molecule has 5 heteroatoms. The fourth-order valence-corrected chi connectivity index (χ4v) is 2.67. The molecule has 0 radical (unpaired) electrons. The molecule has 2 bridgehead atoms. The molecule has 3 rings (SSSR count). The fraction of sp³-hybridized carbons (Fsp3) is 0.500. The Morgan fingerprint density at radius 3 is 2.76 bits per heavy atom. The molecule has 2 N–H and O–H groups in total. The van der Waals surface area contributed by atoms with Crippen LogP contribution in [-0.4, -0.2) is 35.3 Å². The Kier molecular flexibility index (Phi) is 2.72. The summed E-state index contributed by atoms with van der Waals surface area (Å²) >= 11 is 4.99. The summed E-state index contributed by atoms with van der Waals surface area (Å²) in [5.41, 5.74) is 6.52. The minimum Gasteiger partial charge on any atom is -0.389 e. The van der Waals surface area contributed by atoms with Gasteiger partial charge in [0.25, 0.3) is 0 Å². The summed E-state index contributed by atoms with van der Waals surface area (Å²) in [6, 6.07) is 3.81. The second kappa shape index (κ2) is 4.23. The Morgan fingerprint density at radius 1 is 1.41 bits per heavy atom. The molecule has 2 aliphatic heterocycles. The quantitative estimate of drug-likeness (QED) is 0.795. The zero-order valence-electron chi connectivity index (χ0n) is 9.50. The average Bonchev–Trinajstić information content (AvgIpc) is 2.68. The molecule has 0 aliphatic carbocycles. The number of aromatic nitrogens is 1. The number of morpholine rings is 1. The van der Waals surface area contributed by atoms with E-state index in [0.29, 0.717) is 17.2 Å². The third-order valence-corrected chi connectivity index (χ3v) is 3.63. The lowest BCUT2D eigenvalue weighted by molar-refractivity contribution is 0.0302. The molecule has 0 saturated carbocycles. The Morgan fingerprint density at radius 2 is 2.12 bits per heavy atom. The van der Waals surface area contributed by atoms with Crippen LogP contribution in [0.15, 0.2) is 18.3 Å². The summed E-state index contributed by atoms with van der Waals surface area (Å²) in [5.74, 6) is 0.954. The molecule has 1 aromatic rings. The molecule has 90 valence electrons. The van der Waals surface area contributed by atoms with Gasteiger partial charge in [0.05, 0.1) is 12.2 Å². The molecule has 4 nitrogen and oxygen atoms in total. The van der Waals surface area contributed by atoms with Gasteiger partial charge < -0.3 is 15.4 Å². The van der Waals surface area contributed by atoms with Gasteiger partial charge in [-0.05, 0) is 25.0 Å². The van der Waals surface area contributed by atoms with E-state index in [4.69, 9.17) is 22.7 Å². The Balaban J connectivity index is 1.84. The molecule has 17 heavy (non-hydrogen) atoms. The van der Waals surface area contributed by atoms with Crippen molar-refractivity contribution in [3.63, 3.8) is 0 Å². The van der Waals surface area contributed by atoms with Crippen LogP contribution in [0.3, 0.4) is 0 Å². The van der Waals surface area contributed by atoms with Crippen molar-refractivity contribution in [2.75, 3.05) is 18.0 Å². The normalized spacial score (nSPS) is 27.2. The zero-order valence-corrected chi connectivity index (χ0v) is 10.3. The maximum absolute atomic E-state index is 5.81. The topological polar surface area (TPSA) is 51.4 Å². The van der Waals surface area contributed by atoms with Crippen LogP contribution in [0.25, 0.3) is 0 Å². The highest BCUT2D eigenvalue weighted by atomic mass is 32.1. The van der Waals surface area contributed by atoms with Crippen LogP contribution in [0.5, 0.6) is 0 Å². The third-order valence-electron chi connectivity index (χ3n) is 3.40. The molecule has 0 amide bonds. The standard InChI is InChI=1S/C12H15N3OS/c13-12(17)8-3-4-14-11(5-8)15-6-9-1-2-10(7-15)16-9/h3-5,9-10H,1-2,6-7H2,(H2,13,17). The number of ether oxygens (including phenoxy) is 1. The number of anilines is 1. The molecule has 3 heterocycles. The maximum Gasteiger partial charge on any atom is 0.129 e. The highest BCUT2D eigenvalue weighted by molar-refractivity contribution is 7.80. The van der Waals surface area contributed by atoms with E-state index in [1.807, 2.05) is 12.1 Å². The van der Waals surface area contributed by atoms with E-state index in [9.17, 15) is 0 Å². The number of rotatable bonds is 2. The van der Waals surface area contributed by atoms with E-state index < -0.39 is 0 Å². The van der Waals surface area contributed by atoms with Crippen LogP contribution in [0, 0.1) is 0 Å². The Labute approximate surface area is 106 Å². The number of hydrogen-bond donors (Lipinski definition) is 1. The highest BCUT2D eigenvalue weighted by Crippen LogP contribution is 2.28. The SMILES string of the molecule is NC(=S)c1ccnc(N2CC3CCC(C2)O3)c1. The van der Waals surface area contributed by atoms with Crippen LogP contribution >= 0.6 is 12.2 Å². The summed E-state index contributed by atoms with van der Waals surface area (Å²) in [5, 5.41) is 0. The minimum atomic E-state index is 0.365. The number of fused-ring (bicyclic) bond motifs is 2. The van der Waals surface area contributed by atoms with E-state index >= 15 is 0 Å². The number of pyridine rings is 1. The van der Waals surface area contributed by atoms with Crippen molar-refractivity contribution in [3.05, 3.63) is 23.9 Å². The summed E-state index contributed by atoms with van der Waals surface area (Å²) in [6.07, 6.45) is 4.82. The minimum absolute atomic E-state index is 0.365. The summed E-state index contributed by atoms with van der Waals surface area (Å²) in [6.45, 7) is 1.84. The maximum atomic E-state index is 5.81. The van der Waals surface area contributed by atoms with Gasteiger partial charge in [0.2, 0.25) is 0 Å². The fourth-order valence-electron chi connectivity index (χ4n) is 2.55. The first kappa shape index (κ1) is 10.9. The molecule has 2 atom stereocenters. The second-order valence-electron chi connectivity index (χ2n) is 4.63. The molecule has 0 aromatic carbocycles. The lowest BCUT2D eigenvalue weighted by Crippen LogP contribution is -2.43. The average molecular weight is 249 g/mol. The summed E-state index contributed by atoms with van der Waals surface area (Å²) in [7, 11) is 0. The molecule has 1 aromatic heterocycles. The molecule has 2 saturated heterocycles. The first-order valence-corrected chi connectivity index (χ1v) is 6.29. The zero-order chi connectivity index (χ0) is 11.8. The van der Waals surface area contributed by atoms with Crippen LogP contribution in [-0.2, 0) is 4.74 Å². The Bertz CT molecular complexity index is 439. The van der Waals surface area contributed by atoms with E-state index in [1.54, 1.807) is 6.20 Å². The van der Waals surface area contributed by atoms with Crippen LogP contribution in [0.2, 0.25) is 0 Å². The van der Waals surface area contributed by atoms with Gasteiger partial charge >= 0.3 is 0 Å². The third kappa shape index (κ3) is 2.12. The van der Waals surface area contributed by atoms with E-state index in [0.717, 1.165) is 37.3 Å². The predicted molar refractivity (Wildman–Crippen MR) is 70.2 cm³/mol. The first-order chi connectivity index (χ1) is 8.22. The monoisotopic (exact) mass is 249 g/mol. The number of nitrogens with two attached hydrogens (primary N) is 1. The van der Waals surface area contributed by atoms with Crippen molar-refractivity contribution >= 4 is 23.0 Å². The van der Waals surface area contributed by atoms with Gasteiger partial charge in [-0.15, -0.1) is 0 Å². The van der Waals surface area contributed by atoms with E-state index in [-0.39, 0.29) is 0 Å². The first-order valence-electron chi connectivity index (χ1n) is 5.88. The van der Waals surface area contributed by atoms with Gasteiger partial charge in [0.15, 0.2) is 0 Å². The van der Waals surface area contributed by atoms with Crippen LogP contribution in [0.1, 0.15) is 18.4 Å². The van der Waals surface area contributed by atoms with Gasteiger partial charge in [0, 0.05) is 24.8 Å². The van der Waals surface area contributed by atoms with Gasteiger partial charge in [-0.2, -0.15) is 0 Å². The largest absolute Gasteiger partial charge is 0.389 e. The summed E-state index contributed by atoms with van der Waals surface area (Å²) in [4.78, 5) is 7.09. The number of hydrogen-bond acceptors (Lipinski definition) is 4. The van der Waals surface area contributed by atoms with Crippen molar-refractivity contribution in [2.24, 2.45) is 5.73 Å². The van der Waals surface area contributed by atoms with E-state index in [2.05, 4.69) is 9.88 Å². The van der Waals surface area contributed by atoms with Crippen LogP contribution < -0.4 is 10.6 Å². The second-order valence-corrected chi connectivity index (χ2v) is 5.07. The summed E-state index contributed by atoms with van der Waals surface area (Å²) < 4.78 is 5.81. The molecule has 2 unspecified atom stereocenters. The van der Waals surface area contributed by atoms with E-state index in [1.165, 1.54) is 0 Å².